The third-order valence-electron chi connectivity index (χ3n) is 7.52. The number of imidazole rings is 1. The molecule has 1 fully saturated rings. The third kappa shape index (κ3) is 3.84. The highest BCUT2D eigenvalue weighted by molar-refractivity contribution is 5.84. The summed E-state index contributed by atoms with van der Waals surface area (Å²) in [5.41, 5.74) is 20.3. The molecule has 0 amide bonds. The number of benzene rings is 2. The van der Waals surface area contributed by atoms with Gasteiger partial charge >= 0.3 is 0 Å². The van der Waals surface area contributed by atoms with Gasteiger partial charge in [0.1, 0.15) is 11.3 Å². The smallest absolute Gasteiger partial charge is 0.165 e. The van der Waals surface area contributed by atoms with Gasteiger partial charge in [0.2, 0.25) is 0 Å². The van der Waals surface area contributed by atoms with Crippen LogP contribution in [-0.4, -0.2) is 26.1 Å². The zero-order valence-electron chi connectivity index (χ0n) is 20.5. The van der Waals surface area contributed by atoms with Gasteiger partial charge in [-0.05, 0) is 84.8 Å². The summed E-state index contributed by atoms with van der Waals surface area (Å²) in [6.45, 7) is 2.97. The normalized spacial score (nSPS) is 14.6. The fraction of sp³-hybridized carbons (Fsp3) is 0.233. The molecule has 1 saturated carbocycles. The van der Waals surface area contributed by atoms with Crippen LogP contribution in [0, 0.1) is 0 Å². The van der Waals surface area contributed by atoms with Gasteiger partial charge < -0.3 is 11.5 Å². The zero-order chi connectivity index (χ0) is 24.7. The molecule has 0 radical (unpaired) electrons. The van der Waals surface area contributed by atoms with Gasteiger partial charge in [0, 0.05) is 17.4 Å². The lowest BCUT2D eigenvalue weighted by molar-refractivity contribution is 0.272. The number of fused-ring (bicyclic) bond motifs is 1. The molecule has 4 N–H and O–H groups in total. The van der Waals surface area contributed by atoms with Crippen LogP contribution in [0.3, 0.4) is 0 Å². The monoisotopic (exact) mass is 474 g/mol. The molecule has 0 spiro atoms. The zero-order valence-corrected chi connectivity index (χ0v) is 20.5. The number of hydrogen-bond acceptors (Lipinski definition) is 5. The van der Waals surface area contributed by atoms with E-state index in [-0.39, 0.29) is 5.41 Å². The first-order valence-electron chi connectivity index (χ1n) is 12.6. The second-order valence-electron chi connectivity index (χ2n) is 9.95. The first kappa shape index (κ1) is 22.4. The molecule has 2 aromatic carbocycles. The minimum atomic E-state index is 0.284. The summed E-state index contributed by atoms with van der Waals surface area (Å²) in [6, 6.07) is 25.2. The first-order chi connectivity index (χ1) is 17.6. The molecule has 6 rings (SSSR count). The van der Waals surface area contributed by atoms with E-state index >= 15 is 0 Å². The maximum Gasteiger partial charge on any atom is 0.165 e. The van der Waals surface area contributed by atoms with Crippen LogP contribution in [0.5, 0.6) is 0 Å². The number of nitrogen functional groups attached to an aromatic ring is 1. The Labute approximate surface area is 211 Å². The van der Waals surface area contributed by atoms with Gasteiger partial charge in [0.25, 0.3) is 0 Å². The van der Waals surface area contributed by atoms with Crippen molar-refractivity contribution in [2.45, 2.75) is 38.0 Å². The molecule has 0 atom stereocenters. The highest BCUT2D eigenvalue weighted by atomic mass is 15.1. The van der Waals surface area contributed by atoms with Gasteiger partial charge in [0.05, 0.1) is 11.3 Å². The van der Waals surface area contributed by atoms with Crippen molar-refractivity contribution in [3.8, 4) is 28.3 Å². The Bertz CT molecular complexity index is 1550. The number of rotatable bonds is 6. The summed E-state index contributed by atoms with van der Waals surface area (Å²) in [7, 11) is 0. The van der Waals surface area contributed by atoms with Crippen molar-refractivity contribution in [1.82, 2.24) is 19.5 Å². The van der Waals surface area contributed by atoms with Crippen molar-refractivity contribution in [3.63, 3.8) is 0 Å². The van der Waals surface area contributed by atoms with Crippen molar-refractivity contribution >= 4 is 17.0 Å². The van der Waals surface area contributed by atoms with Gasteiger partial charge in [0.15, 0.2) is 11.5 Å². The second kappa shape index (κ2) is 8.88. The molecule has 0 saturated heterocycles. The highest BCUT2D eigenvalue weighted by Gasteiger charge is 2.33. The largest absolute Gasteiger partial charge is 0.383 e. The average Bonchev–Trinajstić information content (AvgIpc) is 3.26. The van der Waals surface area contributed by atoms with Crippen LogP contribution in [-0.2, 0) is 11.8 Å². The Morgan fingerprint density at radius 1 is 0.944 bits per heavy atom. The molecule has 3 heterocycles. The number of nitrogens with zero attached hydrogens (tertiary/aromatic N) is 4. The van der Waals surface area contributed by atoms with E-state index in [1.807, 2.05) is 24.3 Å². The summed E-state index contributed by atoms with van der Waals surface area (Å²) in [5, 5.41) is 0. The minimum absolute atomic E-state index is 0.284. The Morgan fingerprint density at radius 2 is 1.78 bits per heavy atom. The van der Waals surface area contributed by atoms with Crippen molar-refractivity contribution < 1.29 is 0 Å². The Morgan fingerprint density at radius 3 is 2.50 bits per heavy atom. The maximum absolute atomic E-state index is 6.30. The third-order valence-corrected chi connectivity index (χ3v) is 7.52. The molecule has 0 unspecified atom stereocenters. The van der Waals surface area contributed by atoms with E-state index in [1.54, 1.807) is 6.20 Å². The fourth-order valence-electron chi connectivity index (χ4n) is 5.21. The summed E-state index contributed by atoms with van der Waals surface area (Å²) < 4.78 is 2.10. The molecule has 1 aliphatic carbocycles. The predicted molar refractivity (Wildman–Crippen MR) is 146 cm³/mol. The standard InChI is InChI=1S/C30H30N6/c1-30(15-4-16-30)22-8-10-23(11-9-22)36-28(24-7-3-18-33-27(24)32)35-26-13-12-25(34-29(26)36)21-6-2-5-20(19-21)14-17-31/h2-3,5-13,18-19H,4,14-17,31H2,1H3,(H2,32,33). The van der Waals surface area contributed by atoms with Gasteiger partial charge in [-0.15, -0.1) is 0 Å². The molecule has 6 heteroatoms. The van der Waals surface area contributed by atoms with Crippen LogP contribution in [0.25, 0.3) is 39.5 Å². The molecule has 180 valence electrons. The van der Waals surface area contributed by atoms with E-state index < -0.39 is 0 Å². The van der Waals surface area contributed by atoms with Gasteiger partial charge in [-0.1, -0.05) is 43.7 Å². The van der Waals surface area contributed by atoms with Crippen LogP contribution < -0.4 is 11.5 Å². The molecule has 0 bridgehead atoms. The van der Waals surface area contributed by atoms with Crippen molar-refractivity contribution in [1.29, 1.82) is 0 Å². The lowest BCUT2D eigenvalue weighted by atomic mass is 9.66. The van der Waals surface area contributed by atoms with Crippen molar-refractivity contribution in [3.05, 3.63) is 90.1 Å². The van der Waals surface area contributed by atoms with Gasteiger partial charge in [-0.2, -0.15) is 0 Å². The molecular formula is C30H30N6. The number of anilines is 1. The maximum atomic E-state index is 6.30. The van der Waals surface area contributed by atoms with E-state index in [4.69, 9.17) is 21.4 Å². The van der Waals surface area contributed by atoms with E-state index in [9.17, 15) is 0 Å². The molecule has 1 aliphatic rings. The van der Waals surface area contributed by atoms with Gasteiger partial charge in [-0.3, -0.25) is 4.57 Å². The molecule has 5 aromatic rings. The average molecular weight is 475 g/mol. The highest BCUT2D eigenvalue weighted by Crippen LogP contribution is 2.43. The number of nitrogens with two attached hydrogens (primary N) is 2. The molecule has 6 nitrogen and oxygen atoms in total. The van der Waals surface area contributed by atoms with Crippen LogP contribution in [0.4, 0.5) is 5.82 Å². The lowest BCUT2D eigenvalue weighted by Gasteiger charge is -2.39. The minimum Gasteiger partial charge on any atom is -0.383 e. The van der Waals surface area contributed by atoms with Crippen LogP contribution in [0.2, 0.25) is 0 Å². The van der Waals surface area contributed by atoms with Crippen LogP contribution in [0.15, 0.2) is 79.0 Å². The van der Waals surface area contributed by atoms with E-state index in [1.165, 1.54) is 30.4 Å². The van der Waals surface area contributed by atoms with Crippen molar-refractivity contribution in [2.75, 3.05) is 12.3 Å². The summed E-state index contributed by atoms with van der Waals surface area (Å²) >= 11 is 0. The predicted octanol–water partition coefficient (Wildman–Crippen LogP) is 5.67. The Kier molecular flexibility index (Phi) is 5.53. The van der Waals surface area contributed by atoms with Crippen LogP contribution in [0.1, 0.15) is 37.3 Å². The van der Waals surface area contributed by atoms with Gasteiger partial charge in [-0.25, -0.2) is 15.0 Å². The summed E-state index contributed by atoms with van der Waals surface area (Å²) in [6.07, 6.45) is 6.32. The molecule has 0 aliphatic heterocycles. The first-order valence-corrected chi connectivity index (χ1v) is 12.6. The number of pyridine rings is 2. The Hall–Kier alpha value is -4.03. The van der Waals surface area contributed by atoms with E-state index in [0.717, 1.165) is 45.9 Å². The lowest BCUT2D eigenvalue weighted by Crippen LogP contribution is -2.30. The summed E-state index contributed by atoms with van der Waals surface area (Å²) in [4.78, 5) is 14.4. The number of aromatic nitrogens is 4. The fourth-order valence-corrected chi connectivity index (χ4v) is 5.21. The quantitative estimate of drug-likeness (QED) is 0.330. The number of hydrogen-bond donors (Lipinski definition) is 2. The van der Waals surface area contributed by atoms with E-state index in [0.29, 0.717) is 12.4 Å². The Balaban J connectivity index is 1.53. The second-order valence-corrected chi connectivity index (χ2v) is 9.95. The molecule has 36 heavy (non-hydrogen) atoms. The topological polar surface area (TPSA) is 95.6 Å². The molecule has 3 aromatic heterocycles. The SMILES string of the molecule is CC1(c2ccc(-n3c(-c4cccnc4N)nc4ccc(-c5cccc(CCN)c5)nc43)cc2)CCC1. The summed E-state index contributed by atoms with van der Waals surface area (Å²) in [5.74, 6) is 1.18. The molecular weight excluding hydrogens is 444 g/mol. The van der Waals surface area contributed by atoms with Crippen LogP contribution >= 0.6 is 0 Å². The van der Waals surface area contributed by atoms with E-state index in [2.05, 4.69) is 65.0 Å². The van der Waals surface area contributed by atoms with Crippen molar-refractivity contribution in [2.24, 2.45) is 5.73 Å².